The molecule has 1 N–H and O–H groups in total. The number of nitrogens with one attached hydrogen (secondary N) is 1. The lowest BCUT2D eigenvalue weighted by Crippen LogP contribution is -2.45. The van der Waals surface area contributed by atoms with E-state index in [4.69, 9.17) is 4.74 Å². The summed E-state index contributed by atoms with van der Waals surface area (Å²) >= 11 is 0. The monoisotopic (exact) mass is 696 g/mol. The zero-order valence-electron chi connectivity index (χ0n) is 26.1. The van der Waals surface area contributed by atoms with Gasteiger partial charge in [-0.2, -0.15) is 26.3 Å². The molecule has 16 heteroatoms. The van der Waals surface area contributed by atoms with Crippen LogP contribution in [-0.2, 0) is 29.6 Å². The minimum atomic E-state index is -6.60. The molecule has 0 atom stereocenters. The van der Waals surface area contributed by atoms with E-state index in [0.29, 0.717) is 6.61 Å². The van der Waals surface area contributed by atoms with Gasteiger partial charge < -0.3 is 4.74 Å². The lowest BCUT2D eigenvalue weighted by Gasteiger charge is -2.27. The first-order valence-electron chi connectivity index (χ1n) is 15.3. The van der Waals surface area contributed by atoms with Crippen LogP contribution in [-0.4, -0.2) is 65.1 Å². The van der Waals surface area contributed by atoms with Gasteiger partial charge >= 0.3 is 37.0 Å². The summed E-state index contributed by atoms with van der Waals surface area (Å²) in [5, 5.41) is 0. The quantitative estimate of drug-likeness (QED) is 0.0496. The fraction of sp³-hybridized carbons (Fsp3) is 0.963. The minimum absolute atomic E-state index is 0.117. The third-order valence-corrected chi connectivity index (χ3v) is 14.5. The van der Waals surface area contributed by atoms with E-state index in [1.165, 1.54) is 108 Å². The van der Waals surface area contributed by atoms with Crippen LogP contribution < -0.4 is 4.13 Å². The third-order valence-electron chi connectivity index (χ3n) is 6.76. The summed E-state index contributed by atoms with van der Waals surface area (Å²) in [5.41, 5.74) is -12.3. The van der Waals surface area contributed by atoms with E-state index < -0.39 is 42.5 Å². The van der Waals surface area contributed by atoms with Gasteiger partial charge in [-0.05, 0) is 44.9 Å². The van der Waals surface area contributed by atoms with Crippen LogP contribution in [0.25, 0.3) is 0 Å². The smallest absolute Gasteiger partial charge is 0.463 e. The van der Waals surface area contributed by atoms with E-state index in [9.17, 15) is 48.0 Å². The summed E-state index contributed by atoms with van der Waals surface area (Å²) in [4.78, 5) is 12.7. The summed E-state index contributed by atoms with van der Waals surface area (Å²) < 4.78 is 114. The maximum absolute atomic E-state index is 12.7. The zero-order valence-corrected chi connectivity index (χ0v) is 28.7. The van der Waals surface area contributed by atoms with E-state index >= 15 is 0 Å². The van der Waals surface area contributed by atoms with Gasteiger partial charge in [-0.15, -0.1) is 0 Å². The summed E-state index contributed by atoms with van der Waals surface area (Å²) in [7, 11) is -14.4. The summed E-state index contributed by atoms with van der Waals surface area (Å²) in [6, 6.07) is 0. The number of esters is 1. The number of unbranched alkanes of at least 4 members (excludes halogenated alkanes) is 11. The van der Waals surface area contributed by atoms with Crippen LogP contribution in [0.2, 0.25) is 0 Å². The van der Waals surface area contributed by atoms with E-state index in [2.05, 4.69) is 27.7 Å². The molecule has 0 saturated carbocycles. The molecular weight excluding hydrogens is 643 g/mol. The molecule has 0 saturated heterocycles. The Labute approximate surface area is 256 Å². The molecule has 0 aliphatic carbocycles. The SMILES string of the molecule is CCCCCC[P+](CCCCCC)(CCCCCC)CC(=O)OCCCCC.O=S(=O)(NS(=O)(=O)C(F)(F)F)C(F)(F)F. The highest BCUT2D eigenvalue weighted by molar-refractivity contribution is 8.05. The van der Waals surface area contributed by atoms with Crippen molar-refractivity contribution in [2.24, 2.45) is 0 Å². The van der Waals surface area contributed by atoms with E-state index in [0.717, 1.165) is 12.6 Å². The Morgan fingerprint density at radius 1 is 0.581 bits per heavy atom. The number of carbonyl (C=O) groups excluding carboxylic acids is 1. The molecule has 0 aromatic rings. The number of halogens is 6. The normalized spacial score (nSPS) is 13.0. The number of sulfonamides is 2. The second-order valence-corrected chi connectivity index (χ2v) is 18.7. The van der Waals surface area contributed by atoms with Gasteiger partial charge in [-0.1, -0.05) is 83.2 Å². The van der Waals surface area contributed by atoms with Gasteiger partial charge in [0.05, 0.1) is 25.1 Å². The molecule has 7 nitrogen and oxygen atoms in total. The molecule has 0 amide bonds. The van der Waals surface area contributed by atoms with Crippen molar-refractivity contribution in [3.63, 3.8) is 0 Å². The predicted molar refractivity (Wildman–Crippen MR) is 162 cm³/mol. The zero-order chi connectivity index (χ0) is 33.6. The van der Waals surface area contributed by atoms with Crippen LogP contribution in [0.15, 0.2) is 0 Å². The molecule has 0 aromatic heterocycles. The van der Waals surface area contributed by atoms with Crippen LogP contribution in [0.3, 0.4) is 0 Å². The van der Waals surface area contributed by atoms with E-state index in [-0.39, 0.29) is 5.97 Å². The van der Waals surface area contributed by atoms with Gasteiger partial charge in [0, 0.05) is 7.26 Å². The van der Waals surface area contributed by atoms with Crippen LogP contribution in [0.5, 0.6) is 0 Å². The highest BCUT2D eigenvalue weighted by Crippen LogP contribution is 2.61. The Bertz CT molecular complexity index is 871. The predicted octanol–water partition coefficient (Wildman–Crippen LogP) is 8.75. The number of carbonyl (C=O) groups is 1. The summed E-state index contributed by atoms with van der Waals surface area (Å²) in [6.45, 7) is 9.68. The maximum Gasteiger partial charge on any atom is 0.512 e. The molecule has 0 aliphatic rings. The molecule has 0 spiro atoms. The van der Waals surface area contributed by atoms with Crippen molar-refractivity contribution in [2.75, 3.05) is 31.3 Å². The van der Waals surface area contributed by atoms with Crippen LogP contribution in [0.1, 0.15) is 124 Å². The topological polar surface area (TPSA) is 107 Å². The Kier molecular flexibility index (Phi) is 23.6. The number of hydrogen-bond acceptors (Lipinski definition) is 6. The van der Waals surface area contributed by atoms with Crippen molar-refractivity contribution in [3.8, 4) is 0 Å². The Morgan fingerprint density at radius 3 is 1.21 bits per heavy atom. The molecule has 0 aliphatic heterocycles. The Balaban J connectivity index is 0. The third kappa shape index (κ3) is 20.9. The van der Waals surface area contributed by atoms with Gasteiger partial charge in [-0.25, -0.2) is 21.6 Å². The van der Waals surface area contributed by atoms with Crippen molar-refractivity contribution < 1.29 is 52.7 Å². The first kappa shape index (κ1) is 44.5. The molecule has 0 heterocycles. The van der Waals surface area contributed by atoms with Crippen molar-refractivity contribution in [2.45, 2.75) is 135 Å². The lowest BCUT2D eigenvalue weighted by molar-refractivity contribution is -0.140. The standard InChI is InChI=1S/C25H52O2P.C2HF6NO4S2/c1-5-9-13-17-21-28(22-18-14-10-6-2,23-19-15-11-7-3)24-25(26)27-20-16-12-8-4;3-1(4,5)14(10,11)9-15(12,13)2(6,7)8/h5-24H2,1-4H3;9H/q+1;. The maximum atomic E-state index is 12.7. The van der Waals surface area contributed by atoms with Crippen LogP contribution in [0.4, 0.5) is 26.3 Å². The second kappa shape index (κ2) is 22.8. The summed E-state index contributed by atoms with van der Waals surface area (Å²) in [5.74, 6) is 0.117. The average Bonchev–Trinajstić information content (AvgIpc) is 2.88. The molecule has 43 heavy (non-hydrogen) atoms. The second-order valence-electron chi connectivity index (χ2n) is 10.8. The molecular formula is C27H53F6NO6PS2+. The highest BCUT2D eigenvalue weighted by atomic mass is 32.3. The molecule has 0 radical (unpaired) electrons. The van der Waals surface area contributed by atoms with E-state index in [1.807, 2.05) is 0 Å². The Morgan fingerprint density at radius 2 is 0.907 bits per heavy atom. The summed E-state index contributed by atoms with van der Waals surface area (Å²) in [6.07, 6.45) is 24.0. The lowest BCUT2D eigenvalue weighted by atomic mass is 10.2. The number of ether oxygens (including phenoxy) is 1. The fourth-order valence-corrected chi connectivity index (χ4v) is 10.7. The van der Waals surface area contributed by atoms with Gasteiger partial charge in [0.2, 0.25) is 0 Å². The average molecular weight is 697 g/mol. The van der Waals surface area contributed by atoms with Gasteiger partial charge in [-0.3, -0.25) is 0 Å². The molecule has 0 bridgehead atoms. The van der Waals surface area contributed by atoms with Crippen molar-refractivity contribution in [1.82, 2.24) is 4.13 Å². The minimum Gasteiger partial charge on any atom is -0.463 e. The van der Waals surface area contributed by atoms with Gasteiger partial charge in [0.25, 0.3) is 0 Å². The number of alkyl halides is 6. The van der Waals surface area contributed by atoms with Gasteiger partial charge in [0.1, 0.15) is 0 Å². The largest absolute Gasteiger partial charge is 0.512 e. The molecule has 0 unspecified atom stereocenters. The molecule has 260 valence electrons. The van der Waals surface area contributed by atoms with Crippen LogP contribution in [0, 0.1) is 0 Å². The molecule has 0 fully saturated rings. The number of hydrogen-bond donors (Lipinski definition) is 1. The van der Waals surface area contributed by atoms with Crippen LogP contribution >= 0.6 is 7.26 Å². The fourth-order valence-electron chi connectivity index (χ4n) is 4.29. The van der Waals surface area contributed by atoms with Crippen molar-refractivity contribution >= 4 is 33.3 Å². The number of rotatable bonds is 23. The first-order chi connectivity index (χ1) is 19.8. The van der Waals surface area contributed by atoms with Crippen molar-refractivity contribution in [3.05, 3.63) is 0 Å². The van der Waals surface area contributed by atoms with E-state index in [1.54, 1.807) is 0 Å². The first-order valence-corrected chi connectivity index (χ1v) is 20.8. The molecule has 0 rings (SSSR count). The molecule has 0 aromatic carbocycles. The van der Waals surface area contributed by atoms with Crippen molar-refractivity contribution in [1.29, 1.82) is 0 Å². The van der Waals surface area contributed by atoms with Gasteiger partial charge in [0.15, 0.2) is 6.16 Å². The highest BCUT2D eigenvalue weighted by Gasteiger charge is 2.55. The Hall–Kier alpha value is -0.660.